The van der Waals surface area contributed by atoms with Crippen molar-refractivity contribution in [3.63, 3.8) is 0 Å². The predicted octanol–water partition coefficient (Wildman–Crippen LogP) is 0.565. The predicted molar refractivity (Wildman–Crippen MR) is 78.1 cm³/mol. The van der Waals surface area contributed by atoms with Crippen molar-refractivity contribution in [2.75, 3.05) is 17.1 Å². The van der Waals surface area contributed by atoms with Crippen molar-refractivity contribution in [2.45, 2.75) is 25.4 Å². The third-order valence-corrected chi connectivity index (χ3v) is 7.01. The van der Waals surface area contributed by atoms with Gasteiger partial charge in [0.25, 0.3) is 0 Å². The van der Waals surface area contributed by atoms with Crippen molar-refractivity contribution >= 4 is 25.5 Å². The Morgan fingerprint density at radius 1 is 1.25 bits per heavy atom. The number of rotatable bonds is 6. The number of sulfone groups is 1. The van der Waals surface area contributed by atoms with Crippen LogP contribution < -0.4 is 5.73 Å². The summed E-state index contributed by atoms with van der Waals surface area (Å²) in [7, 11) is -7.41. The Balaban J connectivity index is 2.24. The number of hydrogen-bond acceptors (Lipinski definition) is 5. The topological polar surface area (TPSA) is 97.5 Å². The van der Waals surface area contributed by atoms with Gasteiger partial charge in [-0.1, -0.05) is 12.1 Å². The van der Waals surface area contributed by atoms with Gasteiger partial charge in [0, 0.05) is 24.5 Å². The highest BCUT2D eigenvalue weighted by atomic mass is 32.3. The zero-order valence-corrected chi connectivity index (χ0v) is 12.8. The molecular formula is C12H18N2O4S2. The largest absolute Gasteiger partial charge is 0.399 e. The van der Waals surface area contributed by atoms with E-state index in [1.807, 2.05) is 0 Å². The van der Waals surface area contributed by atoms with Gasteiger partial charge in [0.2, 0.25) is 10.0 Å². The summed E-state index contributed by atoms with van der Waals surface area (Å²) < 4.78 is 48.3. The minimum atomic E-state index is -3.82. The Bertz CT molecular complexity index is 694. The molecule has 0 unspecified atom stereocenters. The van der Waals surface area contributed by atoms with Gasteiger partial charge < -0.3 is 5.73 Å². The molecular weight excluding hydrogens is 300 g/mol. The molecule has 0 heterocycles. The van der Waals surface area contributed by atoms with Crippen LogP contribution in [0.15, 0.2) is 24.3 Å². The van der Waals surface area contributed by atoms with Crippen LogP contribution in [0.3, 0.4) is 0 Å². The first-order valence-electron chi connectivity index (χ1n) is 6.19. The van der Waals surface area contributed by atoms with E-state index in [9.17, 15) is 16.8 Å². The zero-order valence-electron chi connectivity index (χ0n) is 11.2. The maximum atomic E-state index is 12.2. The van der Waals surface area contributed by atoms with Crippen LogP contribution in [-0.4, -0.2) is 38.5 Å². The molecule has 1 aromatic rings. The first-order valence-corrected chi connectivity index (χ1v) is 9.86. The van der Waals surface area contributed by atoms with E-state index in [1.54, 1.807) is 24.3 Å². The van der Waals surface area contributed by atoms with Gasteiger partial charge in [-0.25, -0.2) is 16.8 Å². The minimum absolute atomic E-state index is 0.0943. The van der Waals surface area contributed by atoms with Crippen molar-refractivity contribution < 1.29 is 16.8 Å². The van der Waals surface area contributed by atoms with Crippen molar-refractivity contribution in [2.24, 2.45) is 0 Å². The van der Waals surface area contributed by atoms with Gasteiger partial charge in [-0.15, -0.1) is 0 Å². The number of nitrogens with zero attached hydrogens (tertiary/aromatic N) is 1. The van der Waals surface area contributed by atoms with Crippen LogP contribution in [0.4, 0.5) is 5.69 Å². The molecule has 1 saturated carbocycles. The van der Waals surface area contributed by atoms with E-state index in [2.05, 4.69) is 0 Å². The lowest BCUT2D eigenvalue weighted by Crippen LogP contribution is -2.36. The Hall–Kier alpha value is -1.12. The van der Waals surface area contributed by atoms with Gasteiger partial charge in [-0.05, 0) is 30.5 Å². The van der Waals surface area contributed by atoms with Gasteiger partial charge in [0.05, 0.1) is 0 Å². The second-order valence-corrected chi connectivity index (χ2v) is 9.60. The lowest BCUT2D eigenvalue weighted by atomic mass is 10.2. The van der Waals surface area contributed by atoms with E-state index in [-0.39, 0.29) is 12.6 Å². The van der Waals surface area contributed by atoms with E-state index in [1.165, 1.54) is 4.31 Å². The quantitative estimate of drug-likeness (QED) is 0.773. The van der Waals surface area contributed by atoms with Crippen molar-refractivity contribution in [1.82, 2.24) is 4.31 Å². The summed E-state index contributed by atoms with van der Waals surface area (Å²) in [6.45, 7) is 0.160. The van der Waals surface area contributed by atoms with E-state index >= 15 is 0 Å². The molecule has 2 rings (SSSR count). The molecule has 0 bridgehead atoms. The average Bonchev–Trinajstić information content (AvgIpc) is 3.06. The van der Waals surface area contributed by atoms with Crippen molar-refractivity contribution in [3.05, 3.63) is 29.8 Å². The number of nitrogen functional groups attached to an aromatic ring is 1. The third kappa shape index (κ3) is 4.19. The SMILES string of the molecule is CS(=O)(=O)CS(=O)(=O)N(Cc1cccc(N)c1)C1CC1. The number of anilines is 1. The second-order valence-electron chi connectivity index (χ2n) is 5.18. The van der Waals surface area contributed by atoms with Crippen LogP contribution >= 0.6 is 0 Å². The van der Waals surface area contributed by atoms with Crippen LogP contribution in [0, 0.1) is 0 Å². The molecule has 0 aliphatic heterocycles. The maximum absolute atomic E-state index is 12.2. The van der Waals surface area contributed by atoms with Crippen molar-refractivity contribution in [3.8, 4) is 0 Å². The molecule has 0 spiro atoms. The smallest absolute Gasteiger partial charge is 0.229 e. The number of nitrogens with two attached hydrogens (primary N) is 1. The molecule has 0 radical (unpaired) electrons. The van der Waals surface area contributed by atoms with Gasteiger partial charge in [-0.2, -0.15) is 4.31 Å². The molecule has 1 aromatic carbocycles. The summed E-state index contributed by atoms with van der Waals surface area (Å²) in [5, 5.41) is -0.848. The van der Waals surface area contributed by atoms with Gasteiger partial charge in [-0.3, -0.25) is 0 Å². The van der Waals surface area contributed by atoms with Crippen LogP contribution in [0.25, 0.3) is 0 Å². The molecule has 0 atom stereocenters. The molecule has 0 amide bonds. The summed E-state index contributed by atoms with van der Waals surface area (Å²) in [5.41, 5.74) is 6.99. The fourth-order valence-corrected chi connectivity index (χ4v) is 5.74. The molecule has 6 nitrogen and oxygen atoms in total. The first-order chi connectivity index (χ1) is 9.17. The number of hydrogen-bond donors (Lipinski definition) is 1. The number of sulfonamides is 1. The Kier molecular flexibility index (Phi) is 4.08. The van der Waals surface area contributed by atoms with E-state index in [4.69, 9.17) is 5.73 Å². The normalized spacial score (nSPS) is 16.5. The summed E-state index contributed by atoms with van der Waals surface area (Å²) in [6, 6.07) is 6.85. The second kappa shape index (κ2) is 5.34. The first kappa shape index (κ1) is 15.3. The summed E-state index contributed by atoms with van der Waals surface area (Å²) >= 11 is 0. The molecule has 2 N–H and O–H groups in total. The molecule has 1 aliphatic carbocycles. The molecule has 20 heavy (non-hydrogen) atoms. The van der Waals surface area contributed by atoms with Crippen LogP contribution in [0.5, 0.6) is 0 Å². The Morgan fingerprint density at radius 2 is 1.90 bits per heavy atom. The highest BCUT2D eigenvalue weighted by Gasteiger charge is 2.38. The minimum Gasteiger partial charge on any atom is -0.399 e. The number of benzene rings is 1. The van der Waals surface area contributed by atoms with Gasteiger partial charge in [0.1, 0.15) is 0 Å². The van der Waals surface area contributed by atoms with E-state index in [0.717, 1.165) is 24.7 Å². The van der Waals surface area contributed by atoms with Gasteiger partial charge in [0.15, 0.2) is 14.9 Å². The molecule has 1 fully saturated rings. The monoisotopic (exact) mass is 318 g/mol. The van der Waals surface area contributed by atoms with Crippen molar-refractivity contribution in [1.29, 1.82) is 0 Å². The summed E-state index contributed by atoms with van der Waals surface area (Å²) in [5.74, 6) is 0. The van der Waals surface area contributed by atoms with Crippen LogP contribution in [0.2, 0.25) is 0 Å². The van der Waals surface area contributed by atoms with E-state index < -0.39 is 24.9 Å². The summed E-state index contributed by atoms with van der Waals surface area (Å²) in [4.78, 5) is 0. The van der Waals surface area contributed by atoms with Crippen LogP contribution in [0.1, 0.15) is 18.4 Å². The molecule has 0 saturated heterocycles. The standard InChI is InChI=1S/C12H18N2O4S2/c1-19(15,16)9-20(17,18)14(12-5-6-12)8-10-3-2-4-11(13)7-10/h2-4,7,12H,5-6,8-9,13H2,1H3. The fourth-order valence-electron chi connectivity index (χ4n) is 2.03. The lowest BCUT2D eigenvalue weighted by molar-refractivity contribution is 0.401. The fraction of sp³-hybridized carbons (Fsp3) is 0.500. The maximum Gasteiger partial charge on any atom is 0.229 e. The highest BCUT2D eigenvalue weighted by molar-refractivity contribution is 8.06. The van der Waals surface area contributed by atoms with Crippen LogP contribution in [-0.2, 0) is 26.4 Å². The molecule has 112 valence electrons. The third-order valence-electron chi connectivity index (χ3n) is 2.96. The van der Waals surface area contributed by atoms with Gasteiger partial charge >= 0.3 is 0 Å². The Morgan fingerprint density at radius 3 is 2.40 bits per heavy atom. The van der Waals surface area contributed by atoms with E-state index in [0.29, 0.717) is 5.69 Å². The summed E-state index contributed by atoms with van der Waals surface area (Å²) in [6.07, 6.45) is 2.47. The molecule has 0 aromatic heterocycles. The highest BCUT2D eigenvalue weighted by Crippen LogP contribution is 2.31. The molecule has 8 heteroatoms. The Labute approximate surface area is 119 Å². The average molecular weight is 318 g/mol. The zero-order chi connectivity index (χ0) is 15.0. The molecule has 1 aliphatic rings. The lowest BCUT2D eigenvalue weighted by Gasteiger charge is -2.21.